The molecule has 0 bridgehead atoms. The molecule has 0 amide bonds. The maximum absolute atomic E-state index is 12.7. The fraction of sp³-hybridized carbons (Fsp3) is 0.600. The third-order valence-electron chi connectivity index (χ3n) is 4.71. The number of esters is 2. The van der Waals surface area contributed by atoms with E-state index in [1.54, 1.807) is 20.8 Å². The molecule has 0 aliphatic heterocycles. The van der Waals surface area contributed by atoms with Gasteiger partial charge in [0.2, 0.25) is 0 Å². The van der Waals surface area contributed by atoms with Gasteiger partial charge in [0.05, 0.1) is 26.2 Å². The van der Waals surface area contributed by atoms with Crippen LogP contribution in [0, 0.1) is 11.8 Å². The molecule has 6 nitrogen and oxygen atoms in total. The Bertz CT molecular complexity index is 625. The average molecular weight is 363 g/mol. The summed E-state index contributed by atoms with van der Waals surface area (Å²) in [6.07, 6.45) is 0.836. The largest absolute Gasteiger partial charge is 0.469 e. The third kappa shape index (κ3) is 4.83. The number of nitrogens with two attached hydrogens (primary N) is 1. The topological polar surface area (TPSA) is 87.9 Å². The molecule has 0 radical (unpaired) electrons. The Balaban J connectivity index is 2.12. The molecule has 144 valence electrons. The van der Waals surface area contributed by atoms with E-state index in [0.29, 0.717) is 19.4 Å². The zero-order chi connectivity index (χ0) is 19.4. The third-order valence-corrected chi connectivity index (χ3v) is 4.71. The molecule has 26 heavy (non-hydrogen) atoms. The minimum absolute atomic E-state index is 0.185. The van der Waals surface area contributed by atoms with E-state index in [2.05, 4.69) is 0 Å². The van der Waals surface area contributed by atoms with Gasteiger partial charge in [-0.05, 0) is 39.2 Å². The van der Waals surface area contributed by atoms with Crippen molar-refractivity contribution in [2.45, 2.75) is 51.4 Å². The molecule has 3 atom stereocenters. The van der Waals surface area contributed by atoms with Crippen LogP contribution in [0.15, 0.2) is 30.3 Å². The first-order chi connectivity index (χ1) is 12.2. The van der Waals surface area contributed by atoms with Crippen LogP contribution < -0.4 is 5.73 Å². The van der Waals surface area contributed by atoms with Gasteiger partial charge in [0.25, 0.3) is 0 Å². The van der Waals surface area contributed by atoms with Gasteiger partial charge < -0.3 is 19.9 Å². The summed E-state index contributed by atoms with van der Waals surface area (Å²) in [4.78, 5) is 24.9. The molecule has 2 rings (SSSR count). The number of carbonyl (C=O) groups is 2. The monoisotopic (exact) mass is 363 g/mol. The highest BCUT2D eigenvalue weighted by Gasteiger charge is 2.55. The Hall–Kier alpha value is -1.92. The fourth-order valence-electron chi connectivity index (χ4n) is 3.34. The standard InChI is InChI=1S/C20H29NO5/c1-19(2,3)26-18(23)20(21)11-10-15(17(22)24-4)16(20)13-25-12-14-8-6-5-7-9-14/h5-9,15-16H,10-13,21H2,1-4H3. The second-order valence-corrected chi connectivity index (χ2v) is 7.82. The molecule has 1 saturated carbocycles. The Labute approximate surface area is 155 Å². The van der Waals surface area contributed by atoms with Gasteiger partial charge in [0.1, 0.15) is 11.1 Å². The number of hydrogen-bond acceptors (Lipinski definition) is 6. The van der Waals surface area contributed by atoms with Crippen LogP contribution in [-0.2, 0) is 30.4 Å². The van der Waals surface area contributed by atoms with Crippen LogP contribution in [0.2, 0.25) is 0 Å². The van der Waals surface area contributed by atoms with Crippen LogP contribution in [0.1, 0.15) is 39.2 Å². The lowest BCUT2D eigenvalue weighted by Gasteiger charge is -2.33. The van der Waals surface area contributed by atoms with Crippen LogP contribution in [0.3, 0.4) is 0 Å². The number of benzene rings is 1. The summed E-state index contributed by atoms with van der Waals surface area (Å²) in [5, 5.41) is 0. The molecular weight excluding hydrogens is 334 g/mol. The number of rotatable bonds is 6. The first-order valence-electron chi connectivity index (χ1n) is 8.89. The van der Waals surface area contributed by atoms with Crippen molar-refractivity contribution in [1.29, 1.82) is 0 Å². The quantitative estimate of drug-likeness (QED) is 0.781. The molecule has 0 saturated heterocycles. The van der Waals surface area contributed by atoms with Gasteiger partial charge in [-0.2, -0.15) is 0 Å². The minimum Gasteiger partial charge on any atom is -0.469 e. The second kappa shape index (κ2) is 8.18. The van der Waals surface area contributed by atoms with Gasteiger partial charge in [-0.25, -0.2) is 0 Å². The molecule has 1 fully saturated rings. The minimum atomic E-state index is -1.26. The van der Waals surface area contributed by atoms with E-state index >= 15 is 0 Å². The summed E-state index contributed by atoms with van der Waals surface area (Å²) in [6, 6.07) is 9.70. The smallest absolute Gasteiger partial charge is 0.327 e. The predicted molar refractivity (Wildman–Crippen MR) is 97.1 cm³/mol. The zero-order valence-corrected chi connectivity index (χ0v) is 16.0. The molecule has 1 aliphatic carbocycles. The lowest BCUT2D eigenvalue weighted by molar-refractivity contribution is -0.165. The first kappa shape index (κ1) is 20.4. The summed E-state index contributed by atoms with van der Waals surface area (Å²) in [7, 11) is 1.34. The van der Waals surface area contributed by atoms with Crippen molar-refractivity contribution in [3.8, 4) is 0 Å². The van der Waals surface area contributed by atoms with Crippen LogP contribution in [0.25, 0.3) is 0 Å². The summed E-state index contributed by atoms with van der Waals surface area (Å²) in [5.41, 5.74) is 5.56. The predicted octanol–water partition coefficient (Wildman–Crippen LogP) is 2.44. The van der Waals surface area contributed by atoms with E-state index in [9.17, 15) is 9.59 Å². The van der Waals surface area contributed by atoms with Gasteiger partial charge in [0.15, 0.2) is 0 Å². The molecule has 0 aromatic heterocycles. The Morgan fingerprint density at radius 2 is 1.88 bits per heavy atom. The van der Waals surface area contributed by atoms with Gasteiger partial charge in [-0.15, -0.1) is 0 Å². The molecular formula is C20H29NO5. The van der Waals surface area contributed by atoms with Gasteiger partial charge in [-0.3, -0.25) is 9.59 Å². The van der Waals surface area contributed by atoms with Gasteiger partial charge >= 0.3 is 11.9 Å². The number of carbonyl (C=O) groups excluding carboxylic acids is 2. The Morgan fingerprint density at radius 1 is 1.23 bits per heavy atom. The molecule has 2 N–H and O–H groups in total. The van der Waals surface area contributed by atoms with E-state index in [0.717, 1.165) is 5.56 Å². The molecule has 6 heteroatoms. The second-order valence-electron chi connectivity index (χ2n) is 7.82. The Morgan fingerprint density at radius 3 is 2.46 bits per heavy atom. The summed E-state index contributed by atoms with van der Waals surface area (Å²) < 4.78 is 16.2. The van der Waals surface area contributed by atoms with Crippen LogP contribution in [-0.4, -0.2) is 36.8 Å². The zero-order valence-electron chi connectivity index (χ0n) is 16.0. The van der Waals surface area contributed by atoms with Crippen molar-refractivity contribution < 1.29 is 23.8 Å². The summed E-state index contributed by atoms with van der Waals surface area (Å²) in [5.74, 6) is -1.83. The number of hydrogen-bond donors (Lipinski definition) is 1. The van der Waals surface area contributed by atoms with Crippen molar-refractivity contribution in [2.75, 3.05) is 13.7 Å². The maximum Gasteiger partial charge on any atom is 0.327 e. The van der Waals surface area contributed by atoms with E-state index in [1.165, 1.54) is 7.11 Å². The van der Waals surface area contributed by atoms with Crippen LogP contribution >= 0.6 is 0 Å². The molecule has 3 unspecified atom stereocenters. The normalized spacial score (nSPS) is 25.7. The lowest BCUT2D eigenvalue weighted by Crippen LogP contribution is -2.56. The highest BCUT2D eigenvalue weighted by molar-refractivity contribution is 5.84. The number of methoxy groups -OCH3 is 1. The molecule has 1 aromatic rings. The first-order valence-corrected chi connectivity index (χ1v) is 8.89. The van der Waals surface area contributed by atoms with E-state index < -0.39 is 28.9 Å². The Kier molecular flexibility index (Phi) is 6.42. The SMILES string of the molecule is COC(=O)C1CCC(N)(C(=O)OC(C)(C)C)C1COCc1ccccc1. The van der Waals surface area contributed by atoms with E-state index in [-0.39, 0.29) is 12.6 Å². The van der Waals surface area contributed by atoms with Crippen LogP contribution in [0.4, 0.5) is 0 Å². The van der Waals surface area contributed by atoms with Gasteiger partial charge in [0, 0.05) is 5.92 Å². The van der Waals surface area contributed by atoms with Crippen LogP contribution in [0.5, 0.6) is 0 Å². The fourth-order valence-corrected chi connectivity index (χ4v) is 3.34. The van der Waals surface area contributed by atoms with Crippen molar-refractivity contribution in [3.05, 3.63) is 35.9 Å². The lowest BCUT2D eigenvalue weighted by atomic mass is 9.84. The average Bonchev–Trinajstić information content (AvgIpc) is 2.92. The highest BCUT2D eigenvalue weighted by Crippen LogP contribution is 2.41. The van der Waals surface area contributed by atoms with E-state index in [4.69, 9.17) is 19.9 Å². The molecule has 1 aromatic carbocycles. The van der Waals surface area contributed by atoms with E-state index in [1.807, 2.05) is 30.3 Å². The molecule has 0 heterocycles. The summed E-state index contributed by atoms with van der Waals surface area (Å²) >= 11 is 0. The van der Waals surface area contributed by atoms with Crippen molar-refractivity contribution in [3.63, 3.8) is 0 Å². The molecule has 0 spiro atoms. The van der Waals surface area contributed by atoms with Gasteiger partial charge in [-0.1, -0.05) is 30.3 Å². The maximum atomic E-state index is 12.7. The van der Waals surface area contributed by atoms with Crippen molar-refractivity contribution in [1.82, 2.24) is 0 Å². The van der Waals surface area contributed by atoms with Crippen molar-refractivity contribution in [2.24, 2.45) is 17.6 Å². The highest BCUT2D eigenvalue weighted by atomic mass is 16.6. The summed E-state index contributed by atoms with van der Waals surface area (Å²) in [6.45, 7) is 5.95. The number of ether oxygens (including phenoxy) is 3. The van der Waals surface area contributed by atoms with Crippen molar-refractivity contribution >= 4 is 11.9 Å². The molecule has 1 aliphatic rings.